The van der Waals surface area contributed by atoms with Gasteiger partial charge in [-0.25, -0.2) is 8.42 Å². The minimum absolute atomic E-state index is 0.208. The standard InChI is InChI=1S/C20H20N2O4S/c1-25-19-7-3-4-8-20(19)26-18-11-9-17(10-12-18)22(27(2,23)24)15-16-6-5-13-21-14-16/h3-14H,15H2,1-2H3. The average Bonchev–Trinajstić information content (AvgIpc) is 2.67. The van der Waals surface area contributed by atoms with Crippen LogP contribution in [-0.4, -0.2) is 26.8 Å². The Morgan fingerprint density at radius 3 is 2.26 bits per heavy atom. The molecule has 0 spiro atoms. The first-order chi connectivity index (χ1) is 13.0. The molecule has 0 fully saturated rings. The lowest BCUT2D eigenvalue weighted by atomic mass is 10.2. The predicted octanol–water partition coefficient (Wildman–Crippen LogP) is 3.85. The Morgan fingerprint density at radius 1 is 0.963 bits per heavy atom. The summed E-state index contributed by atoms with van der Waals surface area (Å²) in [7, 11) is -1.88. The van der Waals surface area contributed by atoms with Gasteiger partial charge in [0.15, 0.2) is 11.5 Å². The monoisotopic (exact) mass is 384 g/mol. The molecule has 0 saturated heterocycles. The van der Waals surface area contributed by atoms with E-state index in [1.54, 1.807) is 55.9 Å². The second kappa shape index (κ2) is 8.09. The molecule has 3 rings (SSSR count). The minimum atomic E-state index is -3.45. The molecule has 1 aromatic heterocycles. The topological polar surface area (TPSA) is 68.7 Å². The number of hydrogen-bond acceptors (Lipinski definition) is 5. The van der Waals surface area contributed by atoms with Crippen molar-refractivity contribution < 1.29 is 17.9 Å². The number of ether oxygens (including phenoxy) is 2. The first-order valence-corrected chi connectivity index (χ1v) is 10.1. The van der Waals surface area contributed by atoms with Crippen LogP contribution >= 0.6 is 0 Å². The molecule has 0 N–H and O–H groups in total. The van der Waals surface area contributed by atoms with Crippen molar-refractivity contribution in [2.45, 2.75) is 6.54 Å². The number of aromatic nitrogens is 1. The van der Waals surface area contributed by atoms with Crippen LogP contribution in [0.3, 0.4) is 0 Å². The molecule has 0 bridgehead atoms. The summed E-state index contributed by atoms with van der Waals surface area (Å²) in [4.78, 5) is 4.04. The number of anilines is 1. The van der Waals surface area contributed by atoms with E-state index in [-0.39, 0.29) is 6.54 Å². The van der Waals surface area contributed by atoms with Crippen LogP contribution in [0.5, 0.6) is 17.2 Å². The van der Waals surface area contributed by atoms with Gasteiger partial charge < -0.3 is 9.47 Å². The van der Waals surface area contributed by atoms with E-state index in [1.165, 1.54) is 10.6 Å². The van der Waals surface area contributed by atoms with Crippen LogP contribution in [-0.2, 0) is 16.6 Å². The number of rotatable bonds is 7. The molecule has 1 heterocycles. The van der Waals surface area contributed by atoms with Crippen molar-refractivity contribution in [2.75, 3.05) is 17.7 Å². The number of hydrogen-bond donors (Lipinski definition) is 0. The number of nitrogens with zero attached hydrogens (tertiary/aromatic N) is 2. The van der Waals surface area contributed by atoms with Gasteiger partial charge in [-0.05, 0) is 48.0 Å². The number of para-hydroxylation sites is 2. The summed E-state index contributed by atoms with van der Waals surface area (Å²) in [5.41, 5.74) is 1.35. The Bertz CT molecular complexity index is 990. The molecule has 0 atom stereocenters. The van der Waals surface area contributed by atoms with Gasteiger partial charge in [-0.1, -0.05) is 18.2 Å². The molecule has 0 saturated carbocycles. The molecule has 0 radical (unpaired) electrons. The SMILES string of the molecule is COc1ccccc1Oc1ccc(N(Cc2cccnc2)S(C)(=O)=O)cc1. The molecule has 0 aliphatic rings. The number of methoxy groups -OCH3 is 1. The Hall–Kier alpha value is -3.06. The highest BCUT2D eigenvalue weighted by molar-refractivity contribution is 7.92. The van der Waals surface area contributed by atoms with E-state index in [0.717, 1.165) is 5.56 Å². The van der Waals surface area contributed by atoms with E-state index < -0.39 is 10.0 Å². The lowest BCUT2D eigenvalue weighted by Gasteiger charge is -2.22. The summed E-state index contributed by atoms with van der Waals surface area (Å²) in [5.74, 6) is 1.79. The highest BCUT2D eigenvalue weighted by Gasteiger charge is 2.18. The van der Waals surface area contributed by atoms with Crippen molar-refractivity contribution in [1.82, 2.24) is 4.98 Å². The summed E-state index contributed by atoms with van der Waals surface area (Å²) in [6.45, 7) is 0.208. The fraction of sp³-hybridized carbons (Fsp3) is 0.150. The van der Waals surface area contributed by atoms with Crippen molar-refractivity contribution in [2.24, 2.45) is 0 Å². The van der Waals surface area contributed by atoms with E-state index in [2.05, 4.69) is 4.98 Å². The molecular weight excluding hydrogens is 364 g/mol. The summed E-state index contributed by atoms with van der Waals surface area (Å²) in [6.07, 6.45) is 4.48. The Balaban J connectivity index is 1.83. The van der Waals surface area contributed by atoms with E-state index in [4.69, 9.17) is 9.47 Å². The zero-order valence-electron chi connectivity index (χ0n) is 15.1. The van der Waals surface area contributed by atoms with Crippen LogP contribution in [0.15, 0.2) is 73.1 Å². The number of pyridine rings is 1. The van der Waals surface area contributed by atoms with Crippen molar-refractivity contribution in [3.8, 4) is 17.2 Å². The third-order valence-corrected chi connectivity index (χ3v) is 5.01. The molecule has 2 aromatic carbocycles. The van der Waals surface area contributed by atoms with E-state index >= 15 is 0 Å². The van der Waals surface area contributed by atoms with E-state index in [9.17, 15) is 8.42 Å². The summed E-state index contributed by atoms with van der Waals surface area (Å²) < 4.78 is 36.9. The molecule has 3 aromatic rings. The lowest BCUT2D eigenvalue weighted by molar-refractivity contribution is 0.379. The largest absolute Gasteiger partial charge is 0.493 e. The van der Waals surface area contributed by atoms with Crippen LogP contribution in [0.1, 0.15) is 5.56 Å². The fourth-order valence-electron chi connectivity index (χ4n) is 2.57. The fourth-order valence-corrected chi connectivity index (χ4v) is 3.46. The number of sulfonamides is 1. The Labute approximate surface area is 159 Å². The summed E-state index contributed by atoms with van der Waals surface area (Å²) in [5, 5.41) is 0. The normalized spacial score (nSPS) is 11.0. The quantitative estimate of drug-likeness (QED) is 0.619. The Kier molecular flexibility index (Phi) is 5.61. The van der Waals surface area contributed by atoms with Crippen LogP contribution in [0.25, 0.3) is 0 Å². The molecular formula is C20H20N2O4S. The van der Waals surface area contributed by atoms with Crippen LogP contribution in [0.4, 0.5) is 5.69 Å². The molecule has 0 aliphatic heterocycles. The van der Waals surface area contributed by atoms with Gasteiger partial charge in [0.05, 0.1) is 25.6 Å². The van der Waals surface area contributed by atoms with Gasteiger partial charge in [0.2, 0.25) is 10.0 Å². The lowest BCUT2D eigenvalue weighted by Crippen LogP contribution is -2.29. The molecule has 140 valence electrons. The third-order valence-electron chi connectivity index (χ3n) is 3.87. The molecule has 7 heteroatoms. The second-order valence-electron chi connectivity index (χ2n) is 5.88. The first-order valence-electron chi connectivity index (χ1n) is 8.25. The van der Waals surface area contributed by atoms with Crippen molar-refractivity contribution in [3.05, 3.63) is 78.6 Å². The maximum absolute atomic E-state index is 12.3. The van der Waals surface area contributed by atoms with Gasteiger partial charge >= 0.3 is 0 Å². The van der Waals surface area contributed by atoms with Crippen molar-refractivity contribution in [3.63, 3.8) is 0 Å². The smallest absolute Gasteiger partial charge is 0.232 e. The molecule has 27 heavy (non-hydrogen) atoms. The highest BCUT2D eigenvalue weighted by Crippen LogP contribution is 2.32. The average molecular weight is 384 g/mol. The maximum Gasteiger partial charge on any atom is 0.232 e. The van der Waals surface area contributed by atoms with Crippen LogP contribution < -0.4 is 13.8 Å². The van der Waals surface area contributed by atoms with E-state index in [1.807, 2.05) is 24.3 Å². The van der Waals surface area contributed by atoms with E-state index in [0.29, 0.717) is 22.9 Å². The zero-order chi connectivity index (χ0) is 19.3. The van der Waals surface area contributed by atoms with Gasteiger partial charge in [-0.15, -0.1) is 0 Å². The Morgan fingerprint density at radius 2 is 1.67 bits per heavy atom. The minimum Gasteiger partial charge on any atom is -0.493 e. The summed E-state index contributed by atoms with van der Waals surface area (Å²) in [6, 6.07) is 17.8. The van der Waals surface area contributed by atoms with Crippen molar-refractivity contribution >= 4 is 15.7 Å². The third kappa shape index (κ3) is 4.77. The molecule has 0 amide bonds. The van der Waals surface area contributed by atoms with Crippen LogP contribution in [0, 0.1) is 0 Å². The van der Waals surface area contributed by atoms with Gasteiger partial charge in [-0.3, -0.25) is 9.29 Å². The highest BCUT2D eigenvalue weighted by atomic mass is 32.2. The van der Waals surface area contributed by atoms with Gasteiger partial charge in [-0.2, -0.15) is 0 Å². The zero-order valence-corrected chi connectivity index (χ0v) is 15.9. The first kappa shape index (κ1) is 18.7. The maximum atomic E-state index is 12.3. The second-order valence-corrected chi connectivity index (χ2v) is 7.78. The van der Waals surface area contributed by atoms with Gasteiger partial charge in [0.25, 0.3) is 0 Å². The van der Waals surface area contributed by atoms with Gasteiger partial charge in [0, 0.05) is 12.4 Å². The predicted molar refractivity (Wildman–Crippen MR) is 105 cm³/mol. The van der Waals surface area contributed by atoms with Crippen molar-refractivity contribution in [1.29, 1.82) is 0 Å². The molecule has 0 aliphatic carbocycles. The van der Waals surface area contributed by atoms with Gasteiger partial charge in [0.1, 0.15) is 5.75 Å². The number of benzene rings is 2. The molecule has 6 nitrogen and oxygen atoms in total. The summed E-state index contributed by atoms with van der Waals surface area (Å²) >= 11 is 0. The van der Waals surface area contributed by atoms with Crippen LogP contribution in [0.2, 0.25) is 0 Å². The molecule has 0 unspecified atom stereocenters.